The maximum atomic E-state index is 8.06. The highest BCUT2D eigenvalue weighted by Gasteiger charge is 1.95. The predicted octanol–water partition coefficient (Wildman–Crippen LogP) is 0.251. The lowest BCUT2D eigenvalue weighted by Crippen LogP contribution is -2.17. The molecule has 0 bridgehead atoms. The third-order valence-corrected chi connectivity index (χ3v) is 0.734. The molecule has 1 unspecified atom stereocenters. The van der Waals surface area contributed by atoms with Crippen molar-refractivity contribution in [1.82, 2.24) is 0 Å². The van der Waals surface area contributed by atoms with E-state index in [9.17, 15) is 0 Å². The van der Waals surface area contributed by atoms with Gasteiger partial charge in [-0.15, -0.1) is 12.3 Å². The standard InChI is InChI=1S/C6H8N2/c1-2-3-6(8)4-5-7/h1,6H,3-4,8H2. The van der Waals surface area contributed by atoms with Gasteiger partial charge in [-0.05, 0) is 0 Å². The molecule has 0 radical (unpaired) electrons. The summed E-state index contributed by atoms with van der Waals surface area (Å²) in [6, 6.07) is 1.80. The second kappa shape index (κ2) is 4.18. The molecule has 1 atom stereocenters. The lowest BCUT2D eigenvalue weighted by Gasteiger charge is -1.97. The van der Waals surface area contributed by atoms with Gasteiger partial charge in [0.2, 0.25) is 0 Å². The van der Waals surface area contributed by atoms with Crippen LogP contribution < -0.4 is 5.73 Å². The number of hydrogen-bond acceptors (Lipinski definition) is 2. The summed E-state index contributed by atoms with van der Waals surface area (Å²) < 4.78 is 0. The summed E-state index contributed by atoms with van der Waals surface area (Å²) >= 11 is 0. The van der Waals surface area contributed by atoms with Crippen molar-refractivity contribution in [2.75, 3.05) is 0 Å². The molecule has 0 aromatic heterocycles. The summed E-state index contributed by atoms with van der Waals surface area (Å²) in [5.74, 6) is 2.38. The molecule has 0 rings (SSSR count). The summed E-state index contributed by atoms with van der Waals surface area (Å²) in [6.45, 7) is 0. The zero-order valence-corrected chi connectivity index (χ0v) is 4.59. The Kier molecular flexibility index (Phi) is 3.66. The SMILES string of the molecule is C#CCC(N)CC#N. The molecule has 0 spiro atoms. The Morgan fingerprint density at radius 3 is 2.62 bits per heavy atom. The van der Waals surface area contributed by atoms with Crippen molar-refractivity contribution in [3.63, 3.8) is 0 Å². The van der Waals surface area contributed by atoms with Gasteiger partial charge in [-0.2, -0.15) is 5.26 Å². The third-order valence-electron chi connectivity index (χ3n) is 0.734. The van der Waals surface area contributed by atoms with Crippen LogP contribution in [-0.2, 0) is 0 Å². The van der Waals surface area contributed by atoms with Crippen LogP contribution in [0.15, 0.2) is 0 Å². The number of rotatable bonds is 2. The molecular weight excluding hydrogens is 100 g/mol. The number of terminal acetylenes is 1. The van der Waals surface area contributed by atoms with Gasteiger partial charge in [0.05, 0.1) is 12.5 Å². The fourth-order valence-electron chi connectivity index (χ4n) is 0.341. The van der Waals surface area contributed by atoms with E-state index in [4.69, 9.17) is 17.4 Å². The normalized spacial score (nSPS) is 11.4. The van der Waals surface area contributed by atoms with Crippen LogP contribution in [0.2, 0.25) is 0 Å². The first-order valence-electron chi connectivity index (χ1n) is 2.37. The first-order chi connectivity index (χ1) is 3.81. The molecule has 0 aromatic rings. The molecule has 8 heavy (non-hydrogen) atoms. The van der Waals surface area contributed by atoms with Gasteiger partial charge < -0.3 is 5.73 Å². The third kappa shape index (κ3) is 3.21. The summed E-state index contributed by atoms with van der Waals surface area (Å²) in [4.78, 5) is 0. The van der Waals surface area contributed by atoms with Crippen molar-refractivity contribution in [2.45, 2.75) is 18.9 Å². The van der Waals surface area contributed by atoms with Crippen LogP contribution in [0.5, 0.6) is 0 Å². The minimum atomic E-state index is -0.134. The number of nitrogens with zero attached hydrogens (tertiary/aromatic N) is 1. The molecule has 2 nitrogen and oxygen atoms in total. The molecule has 0 aliphatic carbocycles. The summed E-state index contributed by atoms with van der Waals surface area (Å²) in [5, 5.41) is 8.06. The fraction of sp³-hybridized carbons (Fsp3) is 0.500. The average molecular weight is 108 g/mol. The van der Waals surface area contributed by atoms with E-state index >= 15 is 0 Å². The topological polar surface area (TPSA) is 49.8 Å². The highest BCUT2D eigenvalue weighted by molar-refractivity contribution is 4.91. The van der Waals surface area contributed by atoms with Gasteiger partial charge in [-0.1, -0.05) is 0 Å². The molecule has 0 amide bonds. The van der Waals surface area contributed by atoms with E-state index in [-0.39, 0.29) is 6.04 Å². The first kappa shape index (κ1) is 7.01. The zero-order valence-electron chi connectivity index (χ0n) is 4.59. The van der Waals surface area contributed by atoms with Crippen molar-refractivity contribution in [1.29, 1.82) is 5.26 Å². The second-order valence-corrected chi connectivity index (χ2v) is 1.53. The Morgan fingerprint density at radius 2 is 2.25 bits per heavy atom. The van der Waals surface area contributed by atoms with Crippen LogP contribution in [-0.4, -0.2) is 6.04 Å². The monoisotopic (exact) mass is 108 g/mol. The van der Waals surface area contributed by atoms with Crippen molar-refractivity contribution < 1.29 is 0 Å². The highest BCUT2D eigenvalue weighted by atomic mass is 14.6. The van der Waals surface area contributed by atoms with Crippen molar-refractivity contribution in [3.8, 4) is 18.4 Å². The van der Waals surface area contributed by atoms with Gasteiger partial charge in [0.15, 0.2) is 0 Å². The average Bonchev–Trinajstić information content (AvgIpc) is 1.68. The molecule has 0 heterocycles. The Labute approximate surface area is 49.3 Å². The Morgan fingerprint density at radius 1 is 1.62 bits per heavy atom. The van der Waals surface area contributed by atoms with E-state index in [1.54, 1.807) is 0 Å². The fourth-order valence-corrected chi connectivity index (χ4v) is 0.341. The van der Waals surface area contributed by atoms with Gasteiger partial charge in [0.25, 0.3) is 0 Å². The van der Waals surface area contributed by atoms with Crippen LogP contribution in [0, 0.1) is 23.7 Å². The molecule has 2 heteroatoms. The summed E-state index contributed by atoms with van der Waals surface area (Å²) in [6.07, 6.45) is 5.77. The number of hydrogen-bond donors (Lipinski definition) is 1. The van der Waals surface area contributed by atoms with Crippen LogP contribution >= 0.6 is 0 Å². The van der Waals surface area contributed by atoms with Gasteiger partial charge in [0, 0.05) is 12.5 Å². The van der Waals surface area contributed by atoms with Crippen molar-refractivity contribution in [3.05, 3.63) is 0 Å². The van der Waals surface area contributed by atoms with E-state index in [0.717, 1.165) is 0 Å². The zero-order chi connectivity index (χ0) is 6.41. The molecule has 0 aromatic carbocycles. The van der Waals surface area contributed by atoms with Gasteiger partial charge >= 0.3 is 0 Å². The van der Waals surface area contributed by atoms with E-state index < -0.39 is 0 Å². The van der Waals surface area contributed by atoms with Crippen molar-refractivity contribution in [2.24, 2.45) is 5.73 Å². The maximum absolute atomic E-state index is 8.06. The molecular formula is C6H8N2. The van der Waals surface area contributed by atoms with E-state index in [2.05, 4.69) is 5.92 Å². The summed E-state index contributed by atoms with van der Waals surface area (Å²) in [5.41, 5.74) is 5.33. The molecule has 0 aliphatic heterocycles. The Bertz CT molecular complexity index is 110. The van der Waals surface area contributed by atoms with E-state index in [0.29, 0.717) is 12.8 Å². The maximum Gasteiger partial charge on any atom is 0.0638 e. The van der Waals surface area contributed by atoms with Crippen LogP contribution in [0.1, 0.15) is 12.8 Å². The minimum absolute atomic E-state index is 0.134. The predicted molar refractivity (Wildman–Crippen MR) is 31.7 cm³/mol. The van der Waals surface area contributed by atoms with Gasteiger partial charge in [-0.3, -0.25) is 0 Å². The second-order valence-electron chi connectivity index (χ2n) is 1.53. The Balaban J connectivity index is 3.25. The molecule has 2 N–H and O–H groups in total. The first-order valence-corrected chi connectivity index (χ1v) is 2.37. The van der Waals surface area contributed by atoms with E-state index in [1.807, 2.05) is 6.07 Å². The minimum Gasteiger partial charge on any atom is -0.326 e. The van der Waals surface area contributed by atoms with Gasteiger partial charge in [-0.25, -0.2) is 0 Å². The number of nitriles is 1. The lowest BCUT2D eigenvalue weighted by molar-refractivity contribution is 0.712. The van der Waals surface area contributed by atoms with Crippen LogP contribution in [0.3, 0.4) is 0 Å². The molecule has 42 valence electrons. The molecule has 0 saturated carbocycles. The van der Waals surface area contributed by atoms with E-state index in [1.165, 1.54) is 0 Å². The molecule has 0 saturated heterocycles. The van der Waals surface area contributed by atoms with Crippen molar-refractivity contribution >= 4 is 0 Å². The van der Waals surface area contributed by atoms with Crippen LogP contribution in [0.4, 0.5) is 0 Å². The molecule has 0 aliphatic rings. The smallest absolute Gasteiger partial charge is 0.0638 e. The lowest BCUT2D eigenvalue weighted by atomic mass is 10.2. The molecule has 0 fully saturated rings. The quantitative estimate of drug-likeness (QED) is 0.515. The van der Waals surface area contributed by atoms with Gasteiger partial charge in [0.1, 0.15) is 0 Å². The largest absolute Gasteiger partial charge is 0.326 e. The number of nitrogens with two attached hydrogens (primary N) is 1. The highest BCUT2D eigenvalue weighted by Crippen LogP contribution is 1.88. The Hall–Kier alpha value is -0.990. The van der Waals surface area contributed by atoms with Crippen LogP contribution in [0.25, 0.3) is 0 Å². The summed E-state index contributed by atoms with van der Waals surface area (Å²) in [7, 11) is 0.